The van der Waals surface area contributed by atoms with Crippen LogP contribution in [0.4, 0.5) is 13.2 Å². The van der Waals surface area contributed by atoms with Crippen LogP contribution >= 0.6 is 23.4 Å². The summed E-state index contributed by atoms with van der Waals surface area (Å²) in [6.45, 7) is 0. The number of carbonyl (C=O) groups is 2. The predicted octanol–water partition coefficient (Wildman–Crippen LogP) is 3.86. The fourth-order valence-corrected chi connectivity index (χ4v) is 3.50. The number of hydrazine groups is 1. The van der Waals surface area contributed by atoms with Crippen molar-refractivity contribution in [3.63, 3.8) is 0 Å². The van der Waals surface area contributed by atoms with Crippen LogP contribution in [0.1, 0.15) is 16.2 Å². The van der Waals surface area contributed by atoms with E-state index in [2.05, 4.69) is 20.8 Å². The molecule has 0 bridgehead atoms. The molecule has 3 rings (SSSR count). The Morgan fingerprint density at radius 1 is 1.13 bits per heavy atom. The number of hydrogen-bond acceptors (Lipinski definition) is 6. The number of thioether (sulfide) groups is 1. The molecule has 0 aliphatic rings. The van der Waals surface area contributed by atoms with Crippen LogP contribution in [-0.2, 0) is 11.0 Å². The van der Waals surface area contributed by atoms with E-state index in [4.69, 9.17) is 16.3 Å². The average Bonchev–Trinajstić information content (AvgIpc) is 2.74. The molecule has 0 atom stereocenters. The maximum absolute atomic E-state index is 13.1. The Kier molecular flexibility index (Phi) is 6.86. The lowest BCUT2D eigenvalue weighted by Gasteiger charge is -2.12. The summed E-state index contributed by atoms with van der Waals surface area (Å²) in [5.41, 5.74) is 4.60. The van der Waals surface area contributed by atoms with Gasteiger partial charge in [0, 0.05) is 10.4 Å². The SMILES string of the molecule is COc1ccc(Cl)cc1C(=O)NNC(=O)CSc1nc(C(F)(F)F)nc2ccccc12. The van der Waals surface area contributed by atoms with Crippen LogP contribution in [0.3, 0.4) is 0 Å². The third-order valence-electron chi connectivity index (χ3n) is 3.88. The number of fused-ring (bicyclic) bond motifs is 1. The van der Waals surface area contributed by atoms with Gasteiger partial charge in [0.1, 0.15) is 10.8 Å². The topological polar surface area (TPSA) is 93.2 Å². The average molecular weight is 471 g/mol. The van der Waals surface area contributed by atoms with Crippen molar-refractivity contribution in [1.82, 2.24) is 20.8 Å². The van der Waals surface area contributed by atoms with Crippen molar-refractivity contribution in [3.05, 3.63) is 58.9 Å². The fourth-order valence-electron chi connectivity index (χ4n) is 2.51. The van der Waals surface area contributed by atoms with Gasteiger partial charge in [0.05, 0.1) is 23.9 Å². The van der Waals surface area contributed by atoms with Crippen molar-refractivity contribution in [2.45, 2.75) is 11.2 Å². The summed E-state index contributed by atoms with van der Waals surface area (Å²) in [5.74, 6) is -2.68. The van der Waals surface area contributed by atoms with E-state index in [-0.39, 0.29) is 27.6 Å². The zero-order chi connectivity index (χ0) is 22.6. The van der Waals surface area contributed by atoms with Crippen LogP contribution < -0.4 is 15.6 Å². The Morgan fingerprint density at radius 3 is 2.58 bits per heavy atom. The third-order valence-corrected chi connectivity index (χ3v) is 5.11. The number of methoxy groups -OCH3 is 1. The molecule has 1 heterocycles. The van der Waals surface area contributed by atoms with Crippen LogP contribution in [0.15, 0.2) is 47.5 Å². The van der Waals surface area contributed by atoms with Crippen LogP contribution in [0.2, 0.25) is 5.02 Å². The number of aromatic nitrogens is 2. The first-order chi connectivity index (χ1) is 14.7. The number of ether oxygens (including phenoxy) is 1. The summed E-state index contributed by atoms with van der Waals surface area (Å²) in [6.07, 6.45) is -4.73. The Labute approximate surface area is 183 Å². The highest BCUT2D eigenvalue weighted by Gasteiger charge is 2.35. The van der Waals surface area contributed by atoms with Gasteiger partial charge in [-0.05, 0) is 24.3 Å². The second-order valence-electron chi connectivity index (χ2n) is 6.00. The number of rotatable bonds is 5. The molecule has 7 nitrogen and oxygen atoms in total. The van der Waals surface area contributed by atoms with Crippen LogP contribution in [0, 0.1) is 0 Å². The number of benzene rings is 2. The molecule has 162 valence electrons. The van der Waals surface area contributed by atoms with E-state index in [1.807, 2.05) is 0 Å². The fraction of sp³-hybridized carbons (Fsp3) is 0.158. The normalized spacial score (nSPS) is 11.3. The smallest absolute Gasteiger partial charge is 0.451 e. The zero-order valence-electron chi connectivity index (χ0n) is 15.8. The number of nitrogens with one attached hydrogen (secondary N) is 2. The summed E-state index contributed by atoms with van der Waals surface area (Å²) < 4.78 is 44.3. The summed E-state index contributed by atoms with van der Waals surface area (Å²) >= 11 is 6.66. The van der Waals surface area contributed by atoms with Gasteiger partial charge < -0.3 is 4.74 Å². The number of alkyl halides is 3. The van der Waals surface area contributed by atoms with Crippen LogP contribution in [0.25, 0.3) is 10.9 Å². The highest BCUT2D eigenvalue weighted by molar-refractivity contribution is 8.00. The number of amides is 2. The van der Waals surface area contributed by atoms with E-state index in [9.17, 15) is 22.8 Å². The molecule has 0 saturated heterocycles. The molecule has 0 spiro atoms. The minimum atomic E-state index is -4.73. The van der Waals surface area contributed by atoms with E-state index >= 15 is 0 Å². The van der Waals surface area contributed by atoms with Gasteiger partial charge in [-0.1, -0.05) is 41.6 Å². The van der Waals surface area contributed by atoms with E-state index in [0.717, 1.165) is 11.8 Å². The zero-order valence-corrected chi connectivity index (χ0v) is 17.4. The first-order valence-electron chi connectivity index (χ1n) is 8.58. The lowest BCUT2D eigenvalue weighted by atomic mass is 10.2. The molecule has 0 fully saturated rings. The largest absolute Gasteiger partial charge is 0.496 e. The van der Waals surface area contributed by atoms with E-state index in [1.165, 1.54) is 31.4 Å². The Bertz CT molecular complexity index is 1140. The minimum Gasteiger partial charge on any atom is -0.496 e. The summed E-state index contributed by atoms with van der Waals surface area (Å²) in [4.78, 5) is 31.5. The van der Waals surface area contributed by atoms with Gasteiger partial charge in [-0.15, -0.1) is 0 Å². The van der Waals surface area contributed by atoms with Gasteiger partial charge in [-0.3, -0.25) is 20.4 Å². The second kappa shape index (κ2) is 9.40. The molecule has 31 heavy (non-hydrogen) atoms. The highest BCUT2D eigenvalue weighted by Crippen LogP contribution is 2.32. The van der Waals surface area contributed by atoms with E-state index < -0.39 is 23.8 Å². The standard InChI is InChI=1S/C19H14ClF3N4O3S/c1-30-14-7-6-10(20)8-12(14)16(29)27-26-15(28)9-31-17-11-4-2-3-5-13(11)24-18(25-17)19(21,22)23/h2-8H,9H2,1H3,(H,26,28)(H,27,29). The molecule has 0 aliphatic carbocycles. The van der Waals surface area contributed by atoms with Gasteiger partial charge in [0.25, 0.3) is 5.91 Å². The van der Waals surface area contributed by atoms with Crippen molar-refractivity contribution >= 4 is 46.1 Å². The van der Waals surface area contributed by atoms with Crippen molar-refractivity contribution < 1.29 is 27.5 Å². The van der Waals surface area contributed by atoms with E-state index in [0.29, 0.717) is 10.4 Å². The number of para-hydroxylation sites is 1. The molecule has 0 aliphatic heterocycles. The first kappa shape index (κ1) is 22.6. The van der Waals surface area contributed by atoms with Gasteiger partial charge >= 0.3 is 6.18 Å². The molecule has 12 heteroatoms. The Balaban J connectivity index is 1.68. The molecular weight excluding hydrogens is 457 g/mol. The number of hydrogen-bond donors (Lipinski definition) is 2. The monoisotopic (exact) mass is 470 g/mol. The Hall–Kier alpha value is -3.05. The Morgan fingerprint density at radius 2 is 1.87 bits per heavy atom. The molecular formula is C19H14ClF3N4O3S. The minimum absolute atomic E-state index is 0.00379. The summed E-state index contributed by atoms with van der Waals surface area (Å²) in [7, 11) is 1.37. The molecule has 0 radical (unpaired) electrons. The lowest BCUT2D eigenvalue weighted by Crippen LogP contribution is -2.42. The lowest BCUT2D eigenvalue weighted by molar-refractivity contribution is -0.145. The molecule has 1 aromatic heterocycles. The number of carbonyl (C=O) groups excluding carboxylic acids is 2. The van der Waals surface area contributed by atoms with Gasteiger partial charge in [-0.2, -0.15) is 13.2 Å². The molecule has 2 amide bonds. The van der Waals surface area contributed by atoms with Crippen LogP contribution in [-0.4, -0.2) is 34.6 Å². The number of nitrogens with zero attached hydrogens (tertiary/aromatic N) is 2. The quantitative estimate of drug-likeness (QED) is 0.334. The van der Waals surface area contributed by atoms with Gasteiger partial charge in [0.15, 0.2) is 0 Å². The highest BCUT2D eigenvalue weighted by atomic mass is 35.5. The van der Waals surface area contributed by atoms with Crippen molar-refractivity contribution in [2.24, 2.45) is 0 Å². The van der Waals surface area contributed by atoms with Crippen molar-refractivity contribution in [2.75, 3.05) is 12.9 Å². The first-order valence-corrected chi connectivity index (χ1v) is 9.95. The van der Waals surface area contributed by atoms with Crippen LogP contribution in [0.5, 0.6) is 5.75 Å². The molecule has 2 aromatic carbocycles. The predicted molar refractivity (Wildman–Crippen MR) is 109 cm³/mol. The summed E-state index contributed by atoms with van der Waals surface area (Å²) in [6, 6.07) is 10.6. The maximum atomic E-state index is 13.1. The molecule has 2 N–H and O–H groups in total. The second-order valence-corrected chi connectivity index (χ2v) is 7.40. The molecule has 0 saturated carbocycles. The third kappa shape index (κ3) is 5.56. The van der Waals surface area contributed by atoms with Crippen molar-refractivity contribution in [1.29, 1.82) is 0 Å². The maximum Gasteiger partial charge on any atom is 0.451 e. The van der Waals surface area contributed by atoms with Crippen molar-refractivity contribution in [3.8, 4) is 5.75 Å². The van der Waals surface area contributed by atoms with E-state index in [1.54, 1.807) is 18.2 Å². The van der Waals surface area contributed by atoms with Gasteiger partial charge in [-0.25, -0.2) is 9.97 Å². The summed E-state index contributed by atoms with van der Waals surface area (Å²) in [5, 5.41) is 0.667. The molecule has 0 unspecified atom stereocenters. The number of halogens is 4. The van der Waals surface area contributed by atoms with Gasteiger partial charge in [0.2, 0.25) is 11.7 Å². The molecule has 3 aromatic rings.